The third-order valence-electron chi connectivity index (χ3n) is 6.65. The Morgan fingerprint density at radius 3 is 2.17 bits per heavy atom. The molecular formula is C31H28F2N6O3. The van der Waals surface area contributed by atoms with Gasteiger partial charge in [0.25, 0.3) is 5.91 Å². The van der Waals surface area contributed by atoms with Gasteiger partial charge in [-0.05, 0) is 83.8 Å². The van der Waals surface area contributed by atoms with Crippen LogP contribution in [0, 0.1) is 18.6 Å². The number of hydrogen-bond acceptors (Lipinski definition) is 6. The SMILES string of the molecule is CCc1ccc(N(C(=O)Cn2nnc(-c3ccc(C)o3)n2)[C@@H](C(=O)NCc2ccc(F)cc2)c2ccc(F)cc2)cc1. The first-order valence-electron chi connectivity index (χ1n) is 13.3. The summed E-state index contributed by atoms with van der Waals surface area (Å²) in [6.07, 6.45) is 0.783. The minimum atomic E-state index is -1.18. The highest BCUT2D eigenvalue weighted by molar-refractivity contribution is 6.01. The van der Waals surface area contributed by atoms with Crippen molar-refractivity contribution in [3.05, 3.63) is 119 Å². The first-order chi connectivity index (χ1) is 20.3. The summed E-state index contributed by atoms with van der Waals surface area (Å²) >= 11 is 0. The molecule has 11 heteroatoms. The smallest absolute Gasteiger partial charge is 0.251 e. The lowest BCUT2D eigenvalue weighted by Gasteiger charge is -2.31. The van der Waals surface area contributed by atoms with Crippen LogP contribution in [0.25, 0.3) is 11.6 Å². The first-order valence-corrected chi connectivity index (χ1v) is 13.3. The second-order valence-electron chi connectivity index (χ2n) is 9.64. The topological polar surface area (TPSA) is 106 Å². The van der Waals surface area contributed by atoms with Crippen LogP contribution in [0.5, 0.6) is 0 Å². The highest BCUT2D eigenvalue weighted by Crippen LogP contribution is 2.29. The Hall–Kier alpha value is -5.19. The number of amides is 2. The van der Waals surface area contributed by atoms with E-state index < -0.39 is 29.5 Å². The number of rotatable bonds is 10. The van der Waals surface area contributed by atoms with Crippen LogP contribution < -0.4 is 10.2 Å². The number of benzene rings is 3. The Morgan fingerprint density at radius 2 is 1.55 bits per heavy atom. The molecule has 2 heterocycles. The Kier molecular flexibility index (Phi) is 8.47. The highest BCUT2D eigenvalue weighted by atomic mass is 19.1. The standard InChI is InChI=1S/C31H28F2N6O3/c1-3-21-7-15-26(16-8-21)39(28(40)19-38-36-30(35-37-38)27-17-4-20(2)42-27)29(23-9-13-25(33)14-10-23)31(41)34-18-22-5-11-24(32)12-6-22/h4-17,29H,3,18-19H2,1-2H3,(H,34,41)/t29-/m1/s1. The molecule has 1 N–H and O–H groups in total. The van der Waals surface area contributed by atoms with E-state index in [1.54, 1.807) is 43.3 Å². The molecule has 9 nitrogen and oxygen atoms in total. The molecule has 0 aliphatic carbocycles. The summed E-state index contributed by atoms with van der Waals surface area (Å²) < 4.78 is 32.9. The molecule has 0 saturated carbocycles. The normalized spacial score (nSPS) is 11.7. The minimum Gasteiger partial charge on any atom is -0.458 e. The summed E-state index contributed by atoms with van der Waals surface area (Å²) in [5.74, 6) is -0.616. The van der Waals surface area contributed by atoms with E-state index >= 15 is 0 Å². The molecule has 0 unspecified atom stereocenters. The number of aryl methyl sites for hydroxylation is 2. The van der Waals surface area contributed by atoms with Crippen LogP contribution in [0.3, 0.4) is 0 Å². The van der Waals surface area contributed by atoms with Crippen molar-refractivity contribution in [2.24, 2.45) is 0 Å². The maximum atomic E-state index is 14.0. The number of aromatic nitrogens is 4. The van der Waals surface area contributed by atoms with E-state index in [1.807, 2.05) is 19.1 Å². The Labute approximate surface area is 240 Å². The van der Waals surface area contributed by atoms with Crippen molar-refractivity contribution in [2.75, 3.05) is 4.90 Å². The van der Waals surface area contributed by atoms with Gasteiger partial charge in [-0.15, -0.1) is 10.2 Å². The Balaban J connectivity index is 1.50. The number of hydrogen-bond donors (Lipinski definition) is 1. The number of nitrogens with one attached hydrogen (secondary N) is 1. The van der Waals surface area contributed by atoms with Gasteiger partial charge in [0.2, 0.25) is 11.7 Å². The molecule has 0 bridgehead atoms. The van der Waals surface area contributed by atoms with Gasteiger partial charge in [-0.2, -0.15) is 4.80 Å². The van der Waals surface area contributed by atoms with E-state index in [0.29, 0.717) is 28.3 Å². The van der Waals surface area contributed by atoms with Crippen LogP contribution in [-0.4, -0.2) is 32.0 Å². The fraction of sp³-hybridized carbons (Fsp3) is 0.194. The van der Waals surface area contributed by atoms with Crippen molar-refractivity contribution in [2.45, 2.75) is 39.4 Å². The van der Waals surface area contributed by atoms with Gasteiger partial charge in [-0.3, -0.25) is 14.5 Å². The lowest BCUT2D eigenvalue weighted by molar-refractivity contribution is -0.127. The number of anilines is 1. The number of tetrazole rings is 1. The number of carbonyl (C=O) groups excluding carboxylic acids is 2. The van der Waals surface area contributed by atoms with Crippen molar-refractivity contribution >= 4 is 17.5 Å². The molecule has 0 spiro atoms. The van der Waals surface area contributed by atoms with Crippen LogP contribution >= 0.6 is 0 Å². The summed E-state index contributed by atoms with van der Waals surface area (Å²) in [6, 6.07) is 20.7. The number of nitrogens with zero attached hydrogens (tertiary/aromatic N) is 5. The number of halogens is 2. The zero-order valence-corrected chi connectivity index (χ0v) is 23.0. The lowest BCUT2D eigenvalue weighted by Crippen LogP contribution is -2.45. The third-order valence-corrected chi connectivity index (χ3v) is 6.65. The fourth-order valence-corrected chi connectivity index (χ4v) is 4.44. The molecule has 0 saturated heterocycles. The van der Waals surface area contributed by atoms with Crippen LogP contribution in [0.15, 0.2) is 89.3 Å². The first kappa shape index (κ1) is 28.3. The van der Waals surface area contributed by atoms with Gasteiger partial charge in [0.1, 0.15) is 30.0 Å². The van der Waals surface area contributed by atoms with Gasteiger partial charge < -0.3 is 9.73 Å². The predicted octanol–water partition coefficient (Wildman–Crippen LogP) is 5.17. The molecule has 0 aliphatic heterocycles. The fourth-order valence-electron chi connectivity index (χ4n) is 4.44. The predicted molar refractivity (Wildman–Crippen MR) is 151 cm³/mol. The van der Waals surface area contributed by atoms with Gasteiger partial charge in [-0.1, -0.05) is 43.3 Å². The van der Waals surface area contributed by atoms with Crippen molar-refractivity contribution in [1.82, 2.24) is 25.5 Å². The van der Waals surface area contributed by atoms with E-state index in [0.717, 1.165) is 16.8 Å². The summed E-state index contributed by atoms with van der Waals surface area (Å²) in [5, 5.41) is 15.1. The van der Waals surface area contributed by atoms with Crippen LogP contribution in [-0.2, 0) is 29.1 Å². The maximum Gasteiger partial charge on any atom is 0.251 e. The van der Waals surface area contributed by atoms with Crippen LogP contribution in [0.1, 0.15) is 35.4 Å². The van der Waals surface area contributed by atoms with Crippen molar-refractivity contribution in [3.8, 4) is 11.6 Å². The Bertz CT molecular complexity index is 1660. The number of furan rings is 1. The largest absolute Gasteiger partial charge is 0.458 e. The molecule has 2 aromatic heterocycles. The second-order valence-corrected chi connectivity index (χ2v) is 9.64. The molecule has 5 rings (SSSR count). The van der Waals surface area contributed by atoms with Crippen molar-refractivity contribution in [3.63, 3.8) is 0 Å². The Morgan fingerprint density at radius 1 is 0.905 bits per heavy atom. The molecule has 0 radical (unpaired) electrons. The van der Waals surface area contributed by atoms with E-state index in [-0.39, 0.29) is 18.9 Å². The molecule has 1 atom stereocenters. The van der Waals surface area contributed by atoms with E-state index in [9.17, 15) is 18.4 Å². The number of carbonyl (C=O) groups is 2. The van der Waals surface area contributed by atoms with Gasteiger partial charge in [-0.25, -0.2) is 8.78 Å². The zero-order chi connectivity index (χ0) is 29.6. The minimum absolute atomic E-state index is 0.0875. The quantitative estimate of drug-likeness (QED) is 0.248. The van der Waals surface area contributed by atoms with Crippen LogP contribution in [0.4, 0.5) is 14.5 Å². The van der Waals surface area contributed by atoms with E-state index in [4.69, 9.17) is 4.42 Å². The molecular weight excluding hydrogens is 542 g/mol. The zero-order valence-electron chi connectivity index (χ0n) is 23.0. The van der Waals surface area contributed by atoms with Gasteiger partial charge >= 0.3 is 0 Å². The van der Waals surface area contributed by atoms with Gasteiger partial charge in [0.05, 0.1) is 0 Å². The van der Waals surface area contributed by atoms with Gasteiger partial charge in [0, 0.05) is 12.2 Å². The summed E-state index contributed by atoms with van der Waals surface area (Å²) in [4.78, 5) is 30.3. The maximum absolute atomic E-state index is 14.0. The van der Waals surface area contributed by atoms with Gasteiger partial charge in [0.15, 0.2) is 5.76 Å². The van der Waals surface area contributed by atoms with Crippen LogP contribution in [0.2, 0.25) is 0 Å². The van der Waals surface area contributed by atoms with E-state index in [2.05, 4.69) is 20.7 Å². The monoisotopic (exact) mass is 570 g/mol. The summed E-state index contributed by atoms with van der Waals surface area (Å²) in [6.45, 7) is 3.54. The molecule has 5 aromatic rings. The molecule has 3 aromatic carbocycles. The third kappa shape index (κ3) is 6.57. The highest BCUT2D eigenvalue weighted by Gasteiger charge is 2.33. The summed E-state index contributed by atoms with van der Waals surface area (Å²) in [7, 11) is 0. The average Bonchev–Trinajstić information content (AvgIpc) is 3.65. The van der Waals surface area contributed by atoms with Crippen molar-refractivity contribution in [1.29, 1.82) is 0 Å². The second kappa shape index (κ2) is 12.5. The lowest BCUT2D eigenvalue weighted by atomic mass is 10.0. The molecule has 42 heavy (non-hydrogen) atoms. The van der Waals surface area contributed by atoms with E-state index in [1.165, 1.54) is 41.3 Å². The average molecular weight is 571 g/mol. The molecule has 0 aliphatic rings. The molecule has 2 amide bonds. The summed E-state index contributed by atoms with van der Waals surface area (Å²) in [5.41, 5.74) is 2.55. The van der Waals surface area contributed by atoms with Crippen molar-refractivity contribution < 1.29 is 22.8 Å². The molecule has 214 valence electrons. The molecule has 0 fully saturated rings.